The summed E-state index contributed by atoms with van der Waals surface area (Å²) in [5, 5.41) is 3.91. The van der Waals surface area contributed by atoms with Gasteiger partial charge in [-0.25, -0.2) is 0 Å². The molecule has 1 heterocycles. The van der Waals surface area contributed by atoms with Gasteiger partial charge in [0.2, 0.25) is 5.91 Å². The van der Waals surface area contributed by atoms with Crippen molar-refractivity contribution in [2.24, 2.45) is 5.41 Å². The second-order valence-electron chi connectivity index (χ2n) is 5.20. The Balaban J connectivity index is 2.24. The zero-order chi connectivity index (χ0) is 14.6. The number of amides is 1. The van der Waals surface area contributed by atoms with Gasteiger partial charge in [0.15, 0.2) is 0 Å². The average molecular weight is 270 g/mol. The van der Waals surface area contributed by atoms with Gasteiger partial charge in [0.05, 0.1) is 22.9 Å². The third kappa shape index (κ3) is 2.96. The Kier molecular flexibility index (Phi) is 4.03. The molecule has 1 N–H and O–H groups in total. The topological polar surface area (TPSA) is 51.2 Å². The van der Waals surface area contributed by atoms with Crippen LogP contribution in [0, 0.1) is 5.41 Å². The SMILES string of the molecule is C=COCC(C)(C)C(=O)Nc1cccc2cccnc12. The predicted molar refractivity (Wildman–Crippen MR) is 80.3 cm³/mol. The number of ether oxygens (including phenoxy) is 1. The maximum absolute atomic E-state index is 12.3. The van der Waals surface area contributed by atoms with Crippen molar-refractivity contribution in [3.05, 3.63) is 49.4 Å². The van der Waals surface area contributed by atoms with E-state index in [2.05, 4.69) is 16.9 Å². The summed E-state index contributed by atoms with van der Waals surface area (Å²) in [6.45, 7) is 7.41. The van der Waals surface area contributed by atoms with Gasteiger partial charge in [-0.1, -0.05) is 24.8 Å². The van der Waals surface area contributed by atoms with Crippen molar-refractivity contribution in [2.75, 3.05) is 11.9 Å². The fraction of sp³-hybridized carbons (Fsp3) is 0.250. The van der Waals surface area contributed by atoms with Crippen LogP contribution in [0.5, 0.6) is 0 Å². The first-order valence-electron chi connectivity index (χ1n) is 6.42. The number of para-hydroxylation sites is 1. The molecular weight excluding hydrogens is 252 g/mol. The molecule has 4 heteroatoms. The van der Waals surface area contributed by atoms with E-state index in [1.54, 1.807) is 6.20 Å². The van der Waals surface area contributed by atoms with E-state index in [1.807, 2.05) is 44.2 Å². The number of benzene rings is 1. The van der Waals surface area contributed by atoms with Crippen molar-refractivity contribution in [3.63, 3.8) is 0 Å². The highest BCUT2D eigenvalue weighted by Gasteiger charge is 2.28. The summed E-state index contributed by atoms with van der Waals surface area (Å²) in [6, 6.07) is 9.54. The second kappa shape index (κ2) is 5.74. The van der Waals surface area contributed by atoms with Gasteiger partial charge in [0.1, 0.15) is 6.61 Å². The lowest BCUT2D eigenvalue weighted by atomic mass is 9.93. The molecular formula is C16H18N2O2. The molecule has 0 unspecified atom stereocenters. The Hall–Kier alpha value is -2.36. The number of aromatic nitrogens is 1. The van der Waals surface area contributed by atoms with Gasteiger partial charge >= 0.3 is 0 Å². The molecule has 20 heavy (non-hydrogen) atoms. The van der Waals surface area contributed by atoms with Crippen LogP contribution in [0.4, 0.5) is 5.69 Å². The molecule has 0 atom stereocenters. The number of carbonyl (C=O) groups is 1. The minimum atomic E-state index is -0.648. The first kappa shape index (κ1) is 14.1. The predicted octanol–water partition coefficient (Wildman–Crippen LogP) is 3.36. The maximum atomic E-state index is 12.3. The molecule has 1 aromatic carbocycles. The van der Waals surface area contributed by atoms with Gasteiger partial charge in [0.25, 0.3) is 0 Å². The van der Waals surface area contributed by atoms with Crippen molar-refractivity contribution in [1.82, 2.24) is 4.98 Å². The molecule has 0 spiro atoms. The van der Waals surface area contributed by atoms with Crippen molar-refractivity contribution in [2.45, 2.75) is 13.8 Å². The van der Waals surface area contributed by atoms with Crippen LogP contribution in [0.25, 0.3) is 10.9 Å². The lowest BCUT2D eigenvalue weighted by Crippen LogP contribution is -2.34. The van der Waals surface area contributed by atoms with E-state index in [4.69, 9.17) is 4.74 Å². The highest BCUT2D eigenvalue weighted by atomic mass is 16.5. The standard InChI is InChI=1S/C16H18N2O2/c1-4-20-11-16(2,3)15(19)18-13-9-5-7-12-8-6-10-17-14(12)13/h4-10H,1,11H2,2-3H3,(H,18,19). The number of hydrogen-bond acceptors (Lipinski definition) is 3. The normalized spacial score (nSPS) is 11.1. The van der Waals surface area contributed by atoms with Crippen molar-refractivity contribution >= 4 is 22.5 Å². The molecule has 0 aliphatic rings. The third-order valence-corrected chi connectivity index (χ3v) is 3.06. The molecule has 0 radical (unpaired) electrons. The molecule has 2 rings (SSSR count). The lowest BCUT2D eigenvalue weighted by Gasteiger charge is -2.23. The minimum absolute atomic E-state index is 0.113. The largest absolute Gasteiger partial charge is 0.501 e. The summed E-state index contributed by atoms with van der Waals surface area (Å²) in [7, 11) is 0. The summed E-state index contributed by atoms with van der Waals surface area (Å²) in [5.74, 6) is -0.113. The summed E-state index contributed by atoms with van der Waals surface area (Å²) in [5.41, 5.74) is 0.842. The Labute approximate surface area is 118 Å². The third-order valence-electron chi connectivity index (χ3n) is 3.06. The van der Waals surface area contributed by atoms with Gasteiger partial charge in [0, 0.05) is 11.6 Å². The van der Waals surface area contributed by atoms with E-state index in [1.165, 1.54) is 6.26 Å². The molecule has 0 aliphatic heterocycles. The smallest absolute Gasteiger partial charge is 0.233 e. The molecule has 0 fully saturated rings. The van der Waals surface area contributed by atoms with Crippen LogP contribution in [0.1, 0.15) is 13.8 Å². The Morgan fingerprint density at radius 1 is 1.40 bits per heavy atom. The average Bonchev–Trinajstić information content (AvgIpc) is 2.45. The van der Waals surface area contributed by atoms with Gasteiger partial charge in [-0.05, 0) is 26.0 Å². The van der Waals surface area contributed by atoms with Crippen molar-refractivity contribution < 1.29 is 9.53 Å². The van der Waals surface area contributed by atoms with E-state index in [-0.39, 0.29) is 12.5 Å². The monoisotopic (exact) mass is 270 g/mol. The lowest BCUT2D eigenvalue weighted by molar-refractivity contribution is -0.125. The minimum Gasteiger partial charge on any atom is -0.501 e. The quantitative estimate of drug-likeness (QED) is 0.847. The molecule has 0 aliphatic carbocycles. The maximum Gasteiger partial charge on any atom is 0.233 e. The summed E-state index contributed by atoms with van der Waals surface area (Å²) < 4.78 is 5.13. The zero-order valence-corrected chi connectivity index (χ0v) is 11.7. The number of fused-ring (bicyclic) bond motifs is 1. The van der Waals surface area contributed by atoms with Gasteiger partial charge in [-0.15, -0.1) is 0 Å². The van der Waals surface area contributed by atoms with Gasteiger partial charge in [-0.3, -0.25) is 9.78 Å². The van der Waals surface area contributed by atoms with E-state index in [0.717, 1.165) is 10.9 Å². The van der Waals surface area contributed by atoms with Crippen molar-refractivity contribution in [1.29, 1.82) is 0 Å². The van der Waals surface area contributed by atoms with Crippen LogP contribution < -0.4 is 5.32 Å². The molecule has 1 aromatic heterocycles. The van der Waals surface area contributed by atoms with Crippen LogP contribution >= 0.6 is 0 Å². The van der Waals surface area contributed by atoms with Crippen LogP contribution in [0.2, 0.25) is 0 Å². The Morgan fingerprint density at radius 3 is 2.90 bits per heavy atom. The molecule has 4 nitrogen and oxygen atoms in total. The Morgan fingerprint density at radius 2 is 2.15 bits per heavy atom. The van der Waals surface area contributed by atoms with E-state index < -0.39 is 5.41 Å². The highest BCUT2D eigenvalue weighted by molar-refractivity contribution is 6.02. The molecule has 1 amide bonds. The van der Waals surface area contributed by atoms with Crippen LogP contribution in [0.3, 0.4) is 0 Å². The molecule has 104 valence electrons. The molecule has 2 aromatic rings. The number of nitrogens with one attached hydrogen (secondary N) is 1. The number of pyridine rings is 1. The second-order valence-corrected chi connectivity index (χ2v) is 5.20. The number of anilines is 1. The molecule has 0 saturated carbocycles. The fourth-order valence-electron chi connectivity index (χ4n) is 1.83. The van der Waals surface area contributed by atoms with Crippen molar-refractivity contribution in [3.8, 4) is 0 Å². The van der Waals surface area contributed by atoms with Crippen LogP contribution in [0.15, 0.2) is 49.4 Å². The summed E-state index contributed by atoms with van der Waals surface area (Å²) in [6.07, 6.45) is 3.05. The van der Waals surface area contributed by atoms with E-state index in [9.17, 15) is 4.79 Å². The summed E-state index contributed by atoms with van der Waals surface area (Å²) in [4.78, 5) is 16.6. The summed E-state index contributed by atoms with van der Waals surface area (Å²) >= 11 is 0. The van der Waals surface area contributed by atoms with E-state index in [0.29, 0.717) is 5.69 Å². The first-order valence-corrected chi connectivity index (χ1v) is 6.42. The van der Waals surface area contributed by atoms with Gasteiger partial charge in [-0.2, -0.15) is 0 Å². The first-order chi connectivity index (χ1) is 9.54. The van der Waals surface area contributed by atoms with E-state index >= 15 is 0 Å². The number of rotatable bonds is 5. The van der Waals surface area contributed by atoms with Crippen LogP contribution in [-0.4, -0.2) is 17.5 Å². The highest BCUT2D eigenvalue weighted by Crippen LogP contribution is 2.24. The Bertz CT molecular complexity index is 630. The molecule has 0 bridgehead atoms. The molecule has 0 saturated heterocycles. The number of hydrogen-bond donors (Lipinski definition) is 1. The zero-order valence-electron chi connectivity index (χ0n) is 11.7. The number of nitrogens with zero attached hydrogens (tertiary/aromatic N) is 1. The number of carbonyl (C=O) groups excluding carboxylic acids is 1. The fourth-order valence-corrected chi connectivity index (χ4v) is 1.83. The van der Waals surface area contributed by atoms with Crippen LogP contribution in [-0.2, 0) is 9.53 Å². The van der Waals surface area contributed by atoms with Gasteiger partial charge < -0.3 is 10.1 Å².